The second-order valence-corrected chi connectivity index (χ2v) is 4.58. The molecule has 4 heteroatoms. The van der Waals surface area contributed by atoms with Crippen LogP contribution in [0.3, 0.4) is 0 Å². The van der Waals surface area contributed by atoms with Crippen LogP contribution in [0, 0.1) is 0 Å². The van der Waals surface area contributed by atoms with E-state index in [1.807, 2.05) is 24.3 Å². The molecule has 1 N–H and O–H groups in total. The van der Waals surface area contributed by atoms with Crippen molar-refractivity contribution in [3.05, 3.63) is 29.3 Å². The summed E-state index contributed by atoms with van der Waals surface area (Å²) >= 11 is 5.88. The maximum Gasteiger partial charge on any atom is 0.0809 e. The summed E-state index contributed by atoms with van der Waals surface area (Å²) in [6.07, 6.45) is 2.59. The van der Waals surface area contributed by atoms with Gasteiger partial charge in [-0.15, -0.1) is 0 Å². The smallest absolute Gasteiger partial charge is 0.0809 e. The minimum absolute atomic E-state index is 0.307. The van der Waals surface area contributed by atoms with E-state index in [9.17, 15) is 0 Å². The average Bonchev–Trinajstić information content (AvgIpc) is 2.82. The van der Waals surface area contributed by atoms with Crippen LogP contribution in [0.5, 0.6) is 0 Å². The Morgan fingerprint density at radius 3 is 3.18 bits per heavy atom. The molecule has 0 spiro atoms. The van der Waals surface area contributed by atoms with Gasteiger partial charge in [0.25, 0.3) is 0 Å². The van der Waals surface area contributed by atoms with Crippen LogP contribution in [-0.4, -0.2) is 32.5 Å². The molecule has 17 heavy (non-hydrogen) atoms. The number of hydrogen-bond acceptors (Lipinski definition) is 3. The molecule has 1 unspecified atom stereocenters. The van der Waals surface area contributed by atoms with Crippen molar-refractivity contribution in [1.82, 2.24) is 0 Å². The van der Waals surface area contributed by atoms with Crippen molar-refractivity contribution in [2.75, 3.05) is 31.7 Å². The minimum atomic E-state index is 0.307. The van der Waals surface area contributed by atoms with E-state index in [4.69, 9.17) is 21.1 Å². The van der Waals surface area contributed by atoms with Gasteiger partial charge in [-0.05, 0) is 31.0 Å². The number of anilines is 1. The highest BCUT2D eigenvalue weighted by Crippen LogP contribution is 2.14. The van der Waals surface area contributed by atoms with E-state index >= 15 is 0 Å². The largest absolute Gasteiger partial charge is 0.383 e. The maximum atomic E-state index is 5.88. The molecule has 0 aromatic heterocycles. The highest BCUT2D eigenvalue weighted by molar-refractivity contribution is 6.30. The summed E-state index contributed by atoms with van der Waals surface area (Å²) in [6.45, 7) is 3.06. The van der Waals surface area contributed by atoms with Gasteiger partial charge >= 0.3 is 0 Å². The van der Waals surface area contributed by atoms with Crippen LogP contribution in [0.2, 0.25) is 5.02 Å². The lowest BCUT2D eigenvalue weighted by Crippen LogP contribution is -2.17. The molecule has 0 aliphatic carbocycles. The molecule has 1 saturated heterocycles. The quantitative estimate of drug-likeness (QED) is 0.793. The molecule has 3 nitrogen and oxygen atoms in total. The molecule has 0 amide bonds. The molecular formula is C13H18ClNO2. The lowest BCUT2D eigenvalue weighted by Gasteiger charge is -2.11. The first-order valence-electron chi connectivity index (χ1n) is 6.03. The molecule has 0 radical (unpaired) electrons. The number of rotatable bonds is 6. The third-order valence-corrected chi connectivity index (χ3v) is 2.96. The Hall–Kier alpha value is -0.770. The van der Waals surface area contributed by atoms with Crippen molar-refractivity contribution in [1.29, 1.82) is 0 Å². The van der Waals surface area contributed by atoms with E-state index in [-0.39, 0.29) is 0 Å². The first kappa shape index (κ1) is 12.7. The molecular weight excluding hydrogens is 238 g/mol. The van der Waals surface area contributed by atoms with Crippen molar-refractivity contribution in [2.24, 2.45) is 0 Å². The van der Waals surface area contributed by atoms with Crippen molar-refractivity contribution in [2.45, 2.75) is 18.9 Å². The SMILES string of the molecule is Clc1cccc(NCCOCC2CCCO2)c1. The van der Waals surface area contributed by atoms with E-state index in [2.05, 4.69) is 5.32 Å². The van der Waals surface area contributed by atoms with Gasteiger partial charge in [0, 0.05) is 23.9 Å². The average molecular weight is 256 g/mol. The molecule has 1 aromatic carbocycles. The van der Waals surface area contributed by atoms with Crippen LogP contribution < -0.4 is 5.32 Å². The third kappa shape index (κ3) is 4.54. The first-order valence-corrected chi connectivity index (χ1v) is 6.41. The summed E-state index contributed by atoms with van der Waals surface area (Å²) in [7, 11) is 0. The topological polar surface area (TPSA) is 30.5 Å². The fourth-order valence-corrected chi connectivity index (χ4v) is 2.05. The summed E-state index contributed by atoms with van der Waals surface area (Å²) < 4.78 is 11.0. The number of ether oxygens (including phenoxy) is 2. The van der Waals surface area contributed by atoms with Crippen molar-refractivity contribution < 1.29 is 9.47 Å². The van der Waals surface area contributed by atoms with Crippen LogP contribution in [0.4, 0.5) is 5.69 Å². The van der Waals surface area contributed by atoms with E-state index in [0.717, 1.165) is 36.7 Å². The minimum Gasteiger partial charge on any atom is -0.383 e. The Balaban J connectivity index is 1.56. The van der Waals surface area contributed by atoms with Crippen LogP contribution in [0.1, 0.15) is 12.8 Å². The van der Waals surface area contributed by atoms with Gasteiger partial charge in [-0.3, -0.25) is 0 Å². The number of halogens is 1. The van der Waals surface area contributed by atoms with Crippen molar-refractivity contribution >= 4 is 17.3 Å². The fraction of sp³-hybridized carbons (Fsp3) is 0.538. The summed E-state index contributed by atoms with van der Waals surface area (Å²) in [5, 5.41) is 4.01. The summed E-state index contributed by atoms with van der Waals surface area (Å²) in [5.41, 5.74) is 1.03. The normalized spacial score (nSPS) is 19.5. The van der Waals surface area contributed by atoms with Crippen molar-refractivity contribution in [3.63, 3.8) is 0 Å². The van der Waals surface area contributed by atoms with Gasteiger partial charge in [0.05, 0.1) is 19.3 Å². The zero-order chi connectivity index (χ0) is 11.9. The zero-order valence-electron chi connectivity index (χ0n) is 9.82. The summed E-state index contributed by atoms with van der Waals surface area (Å²) in [6, 6.07) is 7.69. The lowest BCUT2D eigenvalue weighted by molar-refractivity contribution is 0.0206. The monoisotopic (exact) mass is 255 g/mol. The van der Waals surface area contributed by atoms with Gasteiger partial charge in [-0.2, -0.15) is 0 Å². The fourth-order valence-electron chi connectivity index (χ4n) is 1.86. The Morgan fingerprint density at radius 2 is 2.41 bits per heavy atom. The third-order valence-electron chi connectivity index (χ3n) is 2.73. The standard InChI is InChI=1S/C13H18ClNO2/c14-11-3-1-4-12(9-11)15-6-8-16-10-13-5-2-7-17-13/h1,3-4,9,13,15H,2,5-8,10H2. The lowest BCUT2D eigenvalue weighted by atomic mass is 10.2. The van der Waals surface area contributed by atoms with Gasteiger partial charge in [-0.1, -0.05) is 17.7 Å². The number of hydrogen-bond donors (Lipinski definition) is 1. The Morgan fingerprint density at radius 1 is 1.47 bits per heavy atom. The van der Waals surface area contributed by atoms with Crippen LogP contribution in [0.25, 0.3) is 0 Å². The van der Waals surface area contributed by atoms with Crippen LogP contribution in [-0.2, 0) is 9.47 Å². The van der Waals surface area contributed by atoms with Crippen LogP contribution in [0.15, 0.2) is 24.3 Å². The van der Waals surface area contributed by atoms with Gasteiger partial charge in [0.2, 0.25) is 0 Å². The van der Waals surface area contributed by atoms with E-state index < -0.39 is 0 Å². The summed E-state index contributed by atoms with van der Waals surface area (Å²) in [5.74, 6) is 0. The second kappa shape index (κ2) is 6.84. The van der Waals surface area contributed by atoms with E-state index in [1.54, 1.807) is 0 Å². The highest BCUT2D eigenvalue weighted by Gasteiger charge is 2.14. The maximum absolute atomic E-state index is 5.88. The molecule has 1 fully saturated rings. The van der Waals surface area contributed by atoms with Gasteiger partial charge in [0.15, 0.2) is 0 Å². The molecule has 1 aromatic rings. The molecule has 0 bridgehead atoms. The van der Waals surface area contributed by atoms with Gasteiger partial charge in [0.1, 0.15) is 0 Å². The Bertz CT molecular complexity index is 340. The van der Waals surface area contributed by atoms with Gasteiger partial charge in [-0.25, -0.2) is 0 Å². The molecule has 1 aliphatic rings. The molecule has 1 heterocycles. The number of nitrogens with one attached hydrogen (secondary N) is 1. The zero-order valence-corrected chi connectivity index (χ0v) is 10.6. The second-order valence-electron chi connectivity index (χ2n) is 4.15. The predicted molar refractivity (Wildman–Crippen MR) is 69.7 cm³/mol. The Labute approximate surface area is 107 Å². The van der Waals surface area contributed by atoms with Crippen LogP contribution >= 0.6 is 11.6 Å². The molecule has 1 atom stereocenters. The molecule has 1 aliphatic heterocycles. The molecule has 0 saturated carbocycles. The van der Waals surface area contributed by atoms with E-state index in [1.165, 1.54) is 0 Å². The Kier molecular flexibility index (Phi) is 5.10. The summed E-state index contributed by atoms with van der Waals surface area (Å²) in [4.78, 5) is 0. The molecule has 2 rings (SSSR count). The van der Waals surface area contributed by atoms with Crippen molar-refractivity contribution in [3.8, 4) is 0 Å². The molecule has 94 valence electrons. The van der Waals surface area contributed by atoms with E-state index in [0.29, 0.717) is 19.3 Å². The number of benzene rings is 1. The first-order chi connectivity index (χ1) is 8.34. The van der Waals surface area contributed by atoms with Gasteiger partial charge < -0.3 is 14.8 Å². The predicted octanol–water partition coefficient (Wildman–Crippen LogP) is 2.95. The highest BCUT2D eigenvalue weighted by atomic mass is 35.5.